The van der Waals surface area contributed by atoms with Gasteiger partial charge in [-0.05, 0) is 56.0 Å². The zero-order valence-electron chi connectivity index (χ0n) is 22.4. The van der Waals surface area contributed by atoms with Gasteiger partial charge in [-0.25, -0.2) is 0 Å². The van der Waals surface area contributed by atoms with Crippen molar-refractivity contribution >= 4 is 34.5 Å². The molecule has 0 spiro atoms. The number of benzene rings is 2. The highest BCUT2D eigenvalue weighted by Crippen LogP contribution is 2.50. The van der Waals surface area contributed by atoms with Crippen molar-refractivity contribution in [2.75, 3.05) is 81.0 Å². The SMILES string of the molecule is NCCN(CCN)CCN1CCC(Nc2cc(C(F)(F)F)cc3c2Nc2ccc(N4CCCC4)cc2S3)CC1. The van der Waals surface area contributed by atoms with Crippen LogP contribution in [0.2, 0.25) is 0 Å². The quantitative estimate of drug-likeness (QED) is 0.285. The average molecular weight is 564 g/mol. The van der Waals surface area contributed by atoms with Crippen LogP contribution in [0.1, 0.15) is 31.2 Å². The first-order valence-electron chi connectivity index (χ1n) is 14.0. The molecule has 0 atom stereocenters. The third-order valence-corrected chi connectivity index (χ3v) is 9.02. The summed E-state index contributed by atoms with van der Waals surface area (Å²) < 4.78 is 41.7. The van der Waals surface area contributed by atoms with Crippen LogP contribution in [-0.2, 0) is 6.18 Å². The highest BCUT2D eigenvalue weighted by atomic mass is 32.2. The Hall–Kier alpha value is -2.18. The van der Waals surface area contributed by atoms with Crippen LogP contribution in [0.4, 0.5) is 35.9 Å². The average Bonchev–Trinajstić information content (AvgIpc) is 3.46. The topological polar surface area (TPSA) is 85.8 Å². The van der Waals surface area contributed by atoms with E-state index in [0.717, 1.165) is 87.2 Å². The smallest absolute Gasteiger partial charge is 0.380 e. The summed E-state index contributed by atoms with van der Waals surface area (Å²) in [4.78, 5) is 8.62. The molecule has 0 aliphatic carbocycles. The maximum absolute atomic E-state index is 13.9. The Labute approximate surface area is 233 Å². The lowest BCUT2D eigenvalue weighted by molar-refractivity contribution is -0.137. The van der Waals surface area contributed by atoms with E-state index in [1.54, 1.807) is 0 Å². The Balaban J connectivity index is 1.27. The molecule has 7 nitrogen and oxygen atoms in total. The van der Waals surface area contributed by atoms with Crippen molar-refractivity contribution in [1.29, 1.82) is 0 Å². The van der Waals surface area contributed by atoms with Crippen molar-refractivity contribution in [3.05, 3.63) is 35.9 Å². The van der Waals surface area contributed by atoms with Crippen LogP contribution >= 0.6 is 11.8 Å². The number of hydrogen-bond donors (Lipinski definition) is 4. The second-order valence-electron chi connectivity index (χ2n) is 10.7. The standard InChI is InChI=1S/C28H40F3N7S/c29-28(30,31)20-17-24(34-21-5-11-36(12-6-21)15-16-37(13-7-32)14-8-33)27-26(18-20)39-25-19-22(3-4-23(25)35-27)38-9-1-2-10-38/h3-4,17-19,21,34-35H,1-2,5-16,32-33H2. The first-order chi connectivity index (χ1) is 18.8. The summed E-state index contributed by atoms with van der Waals surface area (Å²) in [7, 11) is 0. The zero-order valence-corrected chi connectivity index (χ0v) is 23.2. The fraction of sp³-hybridized carbons (Fsp3) is 0.571. The molecule has 0 unspecified atom stereocenters. The number of anilines is 4. The van der Waals surface area contributed by atoms with E-state index in [2.05, 4.69) is 43.5 Å². The van der Waals surface area contributed by atoms with Gasteiger partial charge in [-0.3, -0.25) is 4.90 Å². The normalized spacial score (nSPS) is 18.3. The number of nitrogens with two attached hydrogens (primary N) is 2. The number of hydrogen-bond acceptors (Lipinski definition) is 8. The van der Waals surface area contributed by atoms with E-state index < -0.39 is 11.7 Å². The van der Waals surface area contributed by atoms with E-state index in [-0.39, 0.29) is 6.04 Å². The molecule has 0 saturated carbocycles. The minimum Gasteiger partial charge on any atom is -0.380 e. The number of nitrogens with one attached hydrogen (secondary N) is 2. The molecule has 2 aromatic rings. The monoisotopic (exact) mass is 563 g/mol. The molecule has 6 N–H and O–H groups in total. The molecule has 0 radical (unpaired) electrons. The molecule has 0 amide bonds. The maximum atomic E-state index is 13.9. The Morgan fingerprint density at radius 1 is 0.949 bits per heavy atom. The predicted octanol–water partition coefficient (Wildman–Crippen LogP) is 4.61. The third-order valence-electron chi connectivity index (χ3n) is 7.92. The van der Waals surface area contributed by atoms with Gasteiger partial charge in [0.05, 0.1) is 22.6 Å². The summed E-state index contributed by atoms with van der Waals surface area (Å²) >= 11 is 1.42. The predicted molar refractivity (Wildman–Crippen MR) is 154 cm³/mol. The summed E-state index contributed by atoms with van der Waals surface area (Å²) in [6.07, 6.45) is -0.306. The molecule has 0 bridgehead atoms. The number of likely N-dealkylation sites (tertiary alicyclic amines) is 1. The van der Waals surface area contributed by atoms with E-state index in [1.807, 2.05) is 0 Å². The van der Waals surface area contributed by atoms with E-state index in [1.165, 1.54) is 36.7 Å². The van der Waals surface area contributed by atoms with Crippen molar-refractivity contribution in [2.45, 2.75) is 47.7 Å². The van der Waals surface area contributed by atoms with Gasteiger partial charge in [0, 0.05) is 87.0 Å². The van der Waals surface area contributed by atoms with Gasteiger partial charge in [-0.1, -0.05) is 11.8 Å². The molecule has 5 rings (SSSR count). The highest BCUT2D eigenvalue weighted by molar-refractivity contribution is 7.99. The molecule has 2 aromatic carbocycles. The molecule has 3 aliphatic heterocycles. The number of halogens is 3. The molecule has 2 saturated heterocycles. The van der Waals surface area contributed by atoms with Gasteiger partial charge in [0.2, 0.25) is 0 Å². The van der Waals surface area contributed by atoms with E-state index in [0.29, 0.717) is 23.7 Å². The zero-order chi connectivity index (χ0) is 27.4. The number of piperidine rings is 1. The molecule has 3 aliphatic rings. The molecule has 11 heteroatoms. The van der Waals surface area contributed by atoms with E-state index in [4.69, 9.17) is 11.5 Å². The third kappa shape index (κ3) is 6.94. The van der Waals surface area contributed by atoms with Gasteiger partial charge in [-0.2, -0.15) is 13.2 Å². The fourth-order valence-electron chi connectivity index (χ4n) is 5.73. The van der Waals surface area contributed by atoms with Crippen LogP contribution in [0, 0.1) is 0 Å². The van der Waals surface area contributed by atoms with Crippen LogP contribution in [0.3, 0.4) is 0 Å². The molecule has 2 fully saturated rings. The molecular formula is C28H40F3N7S. The van der Waals surface area contributed by atoms with Crippen molar-refractivity contribution < 1.29 is 13.2 Å². The van der Waals surface area contributed by atoms with Crippen molar-refractivity contribution in [2.24, 2.45) is 11.5 Å². The van der Waals surface area contributed by atoms with Crippen LogP contribution in [-0.4, -0.2) is 81.3 Å². The highest BCUT2D eigenvalue weighted by Gasteiger charge is 2.34. The molecule has 39 heavy (non-hydrogen) atoms. The molecule has 0 aromatic heterocycles. The van der Waals surface area contributed by atoms with Crippen molar-refractivity contribution in [3.8, 4) is 0 Å². The molecule has 3 heterocycles. The Morgan fingerprint density at radius 3 is 2.33 bits per heavy atom. The van der Waals surface area contributed by atoms with Gasteiger partial charge in [0.15, 0.2) is 0 Å². The number of fused-ring (bicyclic) bond motifs is 2. The minimum absolute atomic E-state index is 0.115. The number of nitrogens with zero attached hydrogens (tertiary/aromatic N) is 3. The molecule has 214 valence electrons. The Kier molecular flexibility index (Phi) is 9.13. The summed E-state index contributed by atoms with van der Waals surface area (Å²) in [5, 5.41) is 6.94. The summed E-state index contributed by atoms with van der Waals surface area (Å²) in [5.74, 6) is 0. The fourth-order valence-corrected chi connectivity index (χ4v) is 6.83. The van der Waals surface area contributed by atoms with Gasteiger partial charge in [0.1, 0.15) is 0 Å². The maximum Gasteiger partial charge on any atom is 0.416 e. The Bertz CT molecular complexity index is 1110. The lowest BCUT2D eigenvalue weighted by Crippen LogP contribution is -2.44. The number of alkyl halides is 3. The Morgan fingerprint density at radius 2 is 1.67 bits per heavy atom. The number of rotatable bonds is 10. The van der Waals surface area contributed by atoms with Gasteiger partial charge in [-0.15, -0.1) is 0 Å². The lowest BCUT2D eigenvalue weighted by atomic mass is 10.0. The van der Waals surface area contributed by atoms with Crippen LogP contribution in [0.15, 0.2) is 40.1 Å². The van der Waals surface area contributed by atoms with Gasteiger partial charge in [0.25, 0.3) is 0 Å². The second-order valence-corrected chi connectivity index (χ2v) is 11.8. The van der Waals surface area contributed by atoms with Gasteiger partial charge < -0.3 is 31.9 Å². The van der Waals surface area contributed by atoms with Crippen molar-refractivity contribution in [1.82, 2.24) is 9.80 Å². The first kappa shape index (κ1) is 28.4. The summed E-state index contributed by atoms with van der Waals surface area (Å²) in [5.41, 5.74) is 14.2. The van der Waals surface area contributed by atoms with Crippen LogP contribution in [0.25, 0.3) is 0 Å². The van der Waals surface area contributed by atoms with E-state index >= 15 is 0 Å². The molecular weight excluding hydrogens is 523 g/mol. The lowest BCUT2D eigenvalue weighted by Gasteiger charge is -2.35. The summed E-state index contributed by atoms with van der Waals surface area (Å²) in [6, 6.07) is 8.92. The largest absolute Gasteiger partial charge is 0.416 e. The first-order valence-corrected chi connectivity index (χ1v) is 14.9. The van der Waals surface area contributed by atoms with E-state index in [9.17, 15) is 13.2 Å². The second kappa shape index (κ2) is 12.6. The van der Waals surface area contributed by atoms with Crippen LogP contribution < -0.4 is 27.0 Å². The van der Waals surface area contributed by atoms with Crippen LogP contribution in [0.5, 0.6) is 0 Å². The summed E-state index contributed by atoms with van der Waals surface area (Å²) in [6.45, 7) is 8.63. The van der Waals surface area contributed by atoms with Crippen molar-refractivity contribution in [3.63, 3.8) is 0 Å². The van der Waals surface area contributed by atoms with Gasteiger partial charge >= 0.3 is 6.18 Å². The minimum atomic E-state index is -4.41.